The summed E-state index contributed by atoms with van der Waals surface area (Å²) in [4.78, 5) is 0. The Bertz CT molecular complexity index is 512. The number of benzene rings is 1. The molecule has 4 nitrogen and oxygen atoms in total. The molecule has 1 aromatic carbocycles. The summed E-state index contributed by atoms with van der Waals surface area (Å²) in [6, 6.07) is 3.79. The minimum absolute atomic E-state index is 0.668. The molecule has 0 radical (unpaired) electrons. The Labute approximate surface area is 114 Å². The van der Waals surface area contributed by atoms with Crippen molar-refractivity contribution < 1.29 is 36.3 Å². The lowest BCUT2D eigenvalue weighted by Gasteiger charge is -2.20. The third kappa shape index (κ3) is 4.43. The third-order valence-electron chi connectivity index (χ3n) is 2.47. The van der Waals surface area contributed by atoms with Crippen LogP contribution in [0.2, 0.25) is 0 Å². The molecular weight excluding hydrogens is 306 g/mol. The van der Waals surface area contributed by atoms with E-state index in [1.807, 2.05) is 0 Å². The summed E-state index contributed by atoms with van der Waals surface area (Å²) in [5, 5.41) is 10.5. The lowest BCUT2D eigenvalue weighted by Crippen LogP contribution is -2.40. The molecule has 0 saturated carbocycles. The van der Waals surface area contributed by atoms with Crippen molar-refractivity contribution in [2.24, 2.45) is 16.8 Å². The quantitative estimate of drug-likeness (QED) is 0.295. The van der Waals surface area contributed by atoms with Gasteiger partial charge in [-0.05, 0) is 12.1 Å². The Hall–Kier alpha value is -2.13. The van der Waals surface area contributed by atoms with Crippen LogP contribution in [-0.4, -0.2) is 23.8 Å². The van der Waals surface area contributed by atoms with E-state index in [2.05, 4.69) is 9.89 Å². The molecule has 3 N–H and O–H groups in total. The van der Waals surface area contributed by atoms with Gasteiger partial charge in [-0.3, -0.25) is 0 Å². The van der Waals surface area contributed by atoms with Gasteiger partial charge < -0.3 is 15.7 Å². The number of hydrogen-bond donors (Lipinski definition) is 2. The van der Waals surface area contributed by atoms with E-state index in [1.54, 1.807) is 0 Å². The second kappa shape index (κ2) is 6.10. The number of hydrogen-bond acceptors (Lipinski definition) is 3. The van der Waals surface area contributed by atoms with Crippen molar-refractivity contribution in [3.63, 3.8) is 0 Å². The van der Waals surface area contributed by atoms with Crippen LogP contribution >= 0.6 is 0 Å². The average Bonchev–Trinajstić information content (AvgIpc) is 2.36. The van der Waals surface area contributed by atoms with Gasteiger partial charge in [-0.1, -0.05) is 17.3 Å². The Morgan fingerprint density at radius 2 is 1.76 bits per heavy atom. The molecule has 0 aromatic heterocycles. The predicted octanol–water partition coefficient (Wildman–Crippen LogP) is 3.01. The van der Waals surface area contributed by atoms with Crippen LogP contribution in [0, 0.1) is 5.92 Å². The maximum atomic E-state index is 12.6. The number of nitrogens with zero attached hydrogens (tertiary/aromatic N) is 1. The van der Waals surface area contributed by atoms with Gasteiger partial charge >= 0.3 is 12.4 Å². The van der Waals surface area contributed by atoms with Crippen molar-refractivity contribution in [3.05, 3.63) is 29.8 Å². The highest BCUT2D eigenvalue weighted by Gasteiger charge is 2.44. The number of amidine groups is 1. The minimum Gasteiger partial charge on any atom is -0.492 e. The van der Waals surface area contributed by atoms with Gasteiger partial charge in [0.05, 0.1) is 5.56 Å². The van der Waals surface area contributed by atoms with Crippen molar-refractivity contribution in [2.45, 2.75) is 12.4 Å². The fraction of sp³-hybridized carbons (Fsp3) is 0.364. The molecule has 0 heterocycles. The molecule has 1 aromatic rings. The Morgan fingerprint density at radius 1 is 1.19 bits per heavy atom. The fourth-order valence-corrected chi connectivity index (χ4v) is 1.42. The zero-order chi connectivity index (χ0) is 16.3. The van der Waals surface area contributed by atoms with E-state index >= 15 is 0 Å². The molecule has 10 heteroatoms. The standard InChI is InChI=1S/C11H10F6N2O2/c12-10(13,14)6-3-1-2-4-8(6)21-5-7(9(18)19-20)11(15,16)17/h1-4,7,20H,5H2,(H2,18,19). The highest BCUT2D eigenvalue weighted by Crippen LogP contribution is 2.36. The molecule has 21 heavy (non-hydrogen) atoms. The first-order chi connectivity index (χ1) is 9.57. The first-order valence-corrected chi connectivity index (χ1v) is 5.40. The van der Waals surface area contributed by atoms with E-state index in [0.717, 1.165) is 12.1 Å². The van der Waals surface area contributed by atoms with E-state index in [4.69, 9.17) is 10.9 Å². The molecule has 0 amide bonds. The van der Waals surface area contributed by atoms with Crippen LogP contribution in [0.4, 0.5) is 26.3 Å². The van der Waals surface area contributed by atoms with Gasteiger partial charge in [0, 0.05) is 0 Å². The second-order valence-electron chi connectivity index (χ2n) is 3.92. The SMILES string of the molecule is N/C(=N/O)C(COc1ccccc1C(F)(F)F)C(F)(F)F. The third-order valence-corrected chi connectivity index (χ3v) is 2.47. The number of rotatable bonds is 4. The number of oxime groups is 1. The van der Waals surface area contributed by atoms with Crippen LogP contribution < -0.4 is 10.5 Å². The van der Waals surface area contributed by atoms with Gasteiger partial charge in [0.1, 0.15) is 18.3 Å². The number of para-hydroxylation sites is 1. The van der Waals surface area contributed by atoms with E-state index in [9.17, 15) is 26.3 Å². The number of ether oxygens (including phenoxy) is 1. The van der Waals surface area contributed by atoms with Crippen molar-refractivity contribution in [2.75, 3.05) is 6.61 Å². The zero-order valence-electron chi connectivity index (χ0n) is 10.2. The summed E-state index contributed by atoms with van der Waals surface area (Å²) in [7, 11) is 0. The molecular formula is C11H10F6N2O2. The van der Waals surface area contributed by atoms with E-state index in [-0.39, 0.29) is 0 Å². The van der Waals surface area contributed by atoms with Gasteiger partial charge in [-0.25, -0.2) is 0 Å². The van der Waals surface area contributed by atoms with E-state index in [0.29, 0.717) is 6.07 Å². The Balaban J connectivity index is 2.97. The lowest BCUT2D eigenvalue weighted by molar-refractivity contribution is -0.163. The lowest BCUT2D eigenvalue weighted by atomic mass is 10.1. The maximum Gasteiger partial charge on any atom is 0.419 e. The normalized spacial score (nSPS) is 14.9. The van der Waals surface area contributed by atoms with Crippen molar-refractivity contribution >= 4 is 5.84 Å². The molecule has 0 saturated heterocycles. The number of halogens is 6. The zero-order valence-corrected chi connectivity index (χ0v) is 10.2. The first kappa shape index (κ1) is 16.9. The number of nitrogens with two attached hydrogens (primary N) is 1. The van der Waals surface area contributed by atoms with Gasteiger partial charge in [0.2, 0.25) is 0 Å². The Morgan fingerprint density at radius 3 is 2.24 bits per heavy atom. The van der Waals surface area contributed by atoms with Crippen molar-refractivity contribution in [1.82, 2.24) is 0 Å². The van der Waals surface area contributed by atoms with Gasteiger partial charge in [-0.2, -0.15) is 26.3 Å². The summed E-state index contributed by atoms with van der Waals surface area (Å²) >= 11 is 0. The molecule has 0 fully saturated rings. The Kier molecular flexibility index (Phi) is 4.92. The largest absolute Gasteiger partial charge is 0.492 e. The molecule has 0 aliphatic carbocycles. The fourth-order valence-electron chi connectivity index (χ4n) is 1.42. The van der Waals surface area contributed by atoms with Crippen molar-refractivity contribution in [3.8, 4) is 5.75 Å². The number of alkyl halides is 6. The maximum absolute atomic E-state index is 12.6. The monoisotopic (exact) mass is 316 g/mol. The summed E-state index contributed by atoms with van der Waals surface area (Å²) in [5.41, 5.74) is 3.65. The van der Waals surface area contributed by atoms with Crippen LogP contribution in [0.3, 0.4) is 0 Å². The second-order valence-corrected chi connectivity index (χ2v) is 3.92. The molecule has 118 valence electrons. The summed E-state index contributed by atoms with van der Waals surface area (Å²) in [5.74, 6) is -4.50. The van der Waals surface area contributed by atoms with Gasteiger partial charge in [0.15, 0.2) is 5.84 Å². The van der Waals surface area contributed by atoms with E-state index in [1.165, 1.54) is 6.07 Å². The van der Waals surface area contributed by atoms with Gasteiger partial charge in [-0.15, -0.1) is 0 Å². The predicted molar refractivity (Wildman–Crippen MR) is 59.9 cm³/mol. The average molecular weight is 316 g/mol. The van der Waals surface area contributed by atoms with Crippen LogP contribution in [0.15, 0.2) is 29.4 Å². The van der Waals surface area contributed by atoms with Crippen LogP contribution in [0.1, 0.15) is 5.56 Å². The van der Waals surface area contributed by atoms with Gasteiger partial charge in [0.25, 0.3) is 0 Å². The van der Waals surface area contributed by atoms with Crippen molar-refractivity contribution in [1.29, 1.82) is 0 Å². The molecule has 1 unspecified atom stereocenters. The molecule has 0 aliphatic rings. The first-order valence-electron chi connectivity index (χ1n) is 5.40. The summed E-state index contributed by atoms with van der Waals surface area (Å²) < 4.78 is 80.3. The molecule has 0 spiro atoms. The highest BCUT2D eigenvalue weighted by atomic mass is 19.4. The minimum atomic E-state index is -4.93. The topological polar surface area (TPSA) is 67.8 Å². The highest BCUT2D eigenvalue weighted by molar-refractivity contribution is 5.83. The summed E-state index contributed by atoms with van der Waals surface area (Å²) in [6.07, 6.45) is -9.70. The molecule has 1 rings (SSSR count). The summed E-state index contributed by atoms with van der Waals surface area (Å²) in [6.45, 7) is -1.24. The van der Waals surface area contributed by atoms with E-state index < -0.39 is 42.0 Å². The molecule has 0 bridgehead atoms. The molecule has 1 atom stereocenters. The smallest absolute Gasteiger partial charge is 0.419 e. The van der Waals surface area contributed by atoms with Crippen LogP contribution in [0.25, 0.3) is 0 Å². The van der Waals surface area contributed by atoms with Crippen LogP contribution in [-0.2, 0) is 6.18 Å². The molecule has 0 aliphatic heterocycles. The van der Waals surface area contributed by atoms with Crippen LogP contribution in [0.5, 0.6) is 5.75 Å².